The van der Waals surface area contributed by atoms with E-state index in [-0.39, 0.29) is 5.82 Å². The summed E-state index contributed by atoms with van der Waals surface area (Å²) in [4.78, 5) is 0. The van der Waals surface area contributed by atoms with E-state index in [1.54, 1.807) is 0 Å². The molecule has 0 bridgehead atoms. The molecule has 0 saturated heterocycles. The van der Waals surface area contributed by atoms with Crippen molar-refractivity contribution in [3.63, 3.8) is 0 Å². The molecule has 1 fully saturated rings. The van der Waals surface area contributed by atoms with Crippen molar-refractivity contribution in [1.82, 2.24) is 0 Å². The molecule has 1 nitrogen and oxygen atoms in total. The molecule has 0 spiro atoms. The minimum absolute atomic E-state index is 0.186. The normalized spacial score (nSPS) is 22.0. The molecular formula is C18H19BrFN. The third-order valence-electron chi connectivity index (χ3n) is 4.29. The van der Waals surface area contributed by atoms with E-state index in [1.165, 1.54) is 24.5 Å². The maximum absolute atomic E-state index is 13.9. The van der Waals surface area contributed by atoms with Gasteiger partial charge in [0.25, 0.3) is 0 Å². The lowest BCUT2D eigenvalue weighted by atomic mass is 9.82. The molecule has 110 valence electrons. The molecule has 21 heavy (non-hydrogen) atoms. The molecule has 0 aliphatic heterocycles. The van der Waals surface area contributed by atoms with Crippen LogP contribution in [0.4, 0.5) is 10.1 Å². The van der Waals surface area contributed by atoms with Crippen molar-refractivity contribution in [2.45, 2.75) is 37.6 Å². The Morgan fingerprint density at radius 3 is 2.33 bits per heavy atom. The van der Waals surface area contributed by atoms with Crippen molar-refractivity contribution in [2.75, 3.05) is 5.32 Å². The van der Waals surface area contributed by atoms with Crippen LogP contribution in [0, 0.1) is 5.82 Å². The van der Waals surface area contributed by atoms with Gasteiger partial charge in [0.15, 0.2) is 0 Å². The van der Waals surface area contributed by atoms with Gasteiger partial charge in [0.2, 0.25) is 0 Å². The highest BCUT2D eigenvalue weighted by Gasteiger charge is 2.22. The summed E-state index contributed by atoms with van der Waals surface area (Å²) in [7, 11) is 0. The van der Waals surface area contributed by atoms with Crippen LogP contribution < -0.4 is 5.32 Å². The molecule has 2 aromatic rings. The highest BCUT2D eigenvalue weighted by molar-refractivity contribution is 9.10. The zero-order valence-corrected chi connectivity index (χ0v) is 13.4. The number of rotatable bonds is 3. The van der Waals surface area contributed by atoms with Crippen molar-refractivity contribution < 1.29 is 4.39 Å². The number of hydrogen-bond donors (Lipinski definition) is 1. The highest BCUT2D eigenvalue weighted by atomic mass is 79.9. The van der Waals surface area contributed by atoms with Gasteiger partial charge in [-0.05, 0) is 55.4 Å². The van der Waals surface area contributed by atoms with E-state index in [2.05, 4.69) is 51.6 Å². The quantitative estimate of drug-likeness (QED) is 0.747. The number of anilines is 1. The van der Waals surface area contributed by atoms with Gasteiger partial charge in [-0.2, -0.15) is 0 Å². The first-order valence-electron chi connectivity index (χ1n) is 7.49. The van der Waals surface area contributed by atoms with Crippen LogP contribution in [-0.2, 0) is 0 Å². The fraction of sp³-hybridized carbons (Fsp3) is 0.333. The van der Waals surface area contributed by atoms with Gasteiger partial charge in [0.1, 0.15) is 5.82 Å². The first-order chi connectivity index (χ1) is 10.2. The number of nitrogens with one attached hydrogen (secondary N) is 1. The van der Waals surface area contributed by atoms with Gasteiger partial charge < -0.3 is 5.32 Å². The molecule has 0 amide bonds. The third kappa shape index (κ3) is 3.65. The Kier molecular flexibility index (Phi) is 4.59. The lowest BCUT2D eigenvalue weighted by Crippen LogP contribution is -2.25. The van der Waals surface area contributed by atoms with Gasteiger partial charge in [-0.1, -0.05) is 46.3 Å². The molecule has 1 aliphatic carbocycles. The van der Waals surface area contributed by atoms with Crippen LogP contribution in [0.2, 0.25) is 0 Å². The fourth-order valence-electron chi connectivity index (χ4n) is 3.12. The Balaban J connectivity index is 1.59. The molecular weight excluding hydrogens is 329 g/mol. The predicted octanol–water partition coefficient (Wildman–Crippen LogP) is 5.73. The van der Waals surface area contributed by atoms with Crippen LogP contribution >= 0.6 is 15.9 Å². The minimum atomic E-state index is -0.186. The Hall–Kier alpha value is -1.35. The van der Waals surface area contributed by atoms with E-state index >= 15 is 0 Å². The lowest BCUT2D eigenvalue weighted by Gasteiger charge is -2.30. The number of benzene rings is 2. The summed E-state index contributed by atoms with van der Waals surface area (Å²) in [5, 5.41) is 3.35. The monoisotopic (exact) mass is 347 g/mol. The van der Waals surface area contributed by atoms with Crippen molar-refractivity contribution in [1.29, 1.82) is 0 Å². The standard InChI is InChI=1S/C18H19BrFN/c19-15-8-11-18(17(20)12-15)21-16-9-6-14(7-10-16)13-4-2-1-3-5-13/h1-5,8,11-12,14,16,21H,6-7,9-10H2. The topological polar surface area (TPSA) is 12.0 Å². The second-order valence-corrected chi connectivity index (χ2v) is 6.64. The van der Waals surface area contributed by atoms with Gasteiger partial charge in [0, 0.05) is 10.5 Å². The molecule has 2 aromatic carbocycles. The number of halogens is 2. The molecule has 3 rings (SSSR count). The summed E-state index contributed by atoms with van der Waals surface area (Å²) < 4.78 is 14.6. The van der Waals surface area contributed by atoms with Gasteiger partial charge in [0.05, 0.1) is 5.69 Å². The second kappa shape index (κ2) is 6.61. The average molecular weight is 348 g/mol. The average Bonchev–Trinajstić information content (AvgIpc) is 2.52. The Labute approximate surface area is 133 Å². The van der Waals surface area contributed by atoms with Crippen LogP contribution in [0.25, 0.3) is 0 Å². The first kappa shape index (κ1) is 14.6. The van der Waals surface area contributed by atoms with Crippen molar-refractivity contribution in [3.05, 3.63) is 64.4 Å². The molecule has 1 aliphatic rings. The Morgan fingerprint density at radius 1 is 0.952 bits per heavy atom. The van der Waals surface area contributed by atoms with E-state index in [0.29, 0.717) is 17.6 Å². The highest BCUT2D eigenvalue weighted by Crippen LogP contribution is 2.34. The number of hydrogen-bond acceptors (Lipinski definition) is 1. The summed E-state index contributed by atoms with van der Waals surface area (Å²) >= 11 is 3.29. The van der Waals surface area contributed by atoms with Gasteiger partial charge in [-0.25, -0.2) is 4.39 Å². The van der Waals surface area contributed by atoms with Crippen molar-refractivity contribution in [3.8, 4) is 0 Å². The summed E-state index contributed by atoms with van der Waals surface area (Å²) in [6, 6.07) is 16.3. The van der Waals surface area contributed by atoms with Crippen LogP contribution in [0.3, 0.4) is 0 Å². The molecule has 1 N–H and O–H groups in total. The second-order valence-electron chi connectivity index (χ2n) is 5.73. The maximum Gasteiger partial charge on any atom is 0.147 e. The summed E-state index contributed by atoms with van der Waals surface area (Å²) in [5.41, 5.74) is 2.05. The first-order valence-corrected chi connectivity index (χ1v) is 8.28. The van der Waals surface area contributed by atoms with Crippen molar-refractivity contribution in [2.24, 2.45) is 0 Å². The molecule has 0 aromatic heterocycles. The molecule has 0 heterocycles. The zero-order chi connectivity index (χ0) is 14.7. The molecule has 0 radical (unpaired) electrons. The van der Waals surface area contributed by atoms with Crippen LogP contribution in [0.5, 0.6) is 0 Å². The van der Waals surface area contributed by atoms with Crippen LogP contribution in [0.1, 0.15) is 37.2 Å². The molecule has 1 saturated carbocycles. The van der Waals surface area contributed by atoms with E-state index in [0.717, 1.165) is 17.3 Å². The van der Waals surface area contributed by atoms with E-state index < -0.39 is 0 Å². The smallest absolute Gasteiger partial charge is 0.147 e. The summed E-state index contributed by atoms with van der Waals surface area (Å²) in [6.45, 7) is 0. The molecule has 0 unspecified atom stereocenters. The minimum Gasteiger partial charge on any atom is -0.380 e. The Bertz CT molecular complexity index is 591. The van der Waals surface area contributed by atoms with Gasteiger partial charge in [-0.3, -0.25) is 0 Å². The summed E-state index contributed by atoms with van der Waals surface area (Å²) in [5.74, 6) is 0.466. The van der Waals surface area contributed by atoms with E-state index in [1.807, 2.05) is 12.1 Å². The van der Waals surface area contributed by atoms with Crippen LogP contribution in [0.15, 0.2) is 53.0 Å². The van der Waals surface area contributed by atoms with Gasteiger partial charge in [-0.15, -0.1) is 0 Å². The van der Waals surface area contributed by atoms with Gasteiger partial charge >= 0.3 is 0 Å². The predicted molar refractivity (Wildman–Crippen MR) is 89.2 cm³/mol. The van der Waals surface area contributed by atoms with E-state index in [9.17, 15) is 4.39 Å². The van der Waals surface area contributed by atoms with Crippen molar-refractivity contribution >= 4 is 21.6 Å². The molecule has 3 heteroatoms. The maximum atomic E-state index is 13.9. The SMILES string of the molecule is Fc1cc(Br)ccc1NC1CCC(c2ccccc2)CC1. The van der Waals surface area contributed by atoms with Crippen LogP contribution in [-0.4, -0.2) is 6.04 Å². The lowest BCUT2D eigenvalue weighted by molar-refractivity contribution is 0.411. The largest absolute Gasteiger partial charge is 0.380 e. The Morgan fingerprint density at radius 2 is 1.67 bits per heavy atom. The third-order valence-corrected chi connectivity index (χ3v) is 4.78. The zero-order valence-electron chi connectivity index (χ0n) is 11.9. The molecule has 0 atom stereocenters. The fourth-order valence-corrected chi connectivity index (χ4v) is 3.46. The summed E-state index contributed by atoms with van der Waals surface area (Å²) in [6.07, 6.45) is 4.52. The van der Waals surface area contributed by atoms with E-state index in [4.69, 9.17) is 0 Å².